The zero-order chi connectivity index (χ0) is 19.3. The molecule has 27 heavy (non-hydrogen) atoms. The van der Waals surface area contributed by atoms with E-state index in [1.807, 2.05) is 75.4 Å². The van der Waals surface area contributed by atoms with Crippen molar-refractivity contribution in [2.45, 2.75) is 38.2 Å². The first-order chi connectivity index (χ1) is 12.9. The summed E-state index contributed by atoms with van der Waals surface area (Å²) < 4.78 is 5.72. The molecule has 0 radical (unpaired) electrons. The molecular formula is C25H26O2. The second-order valence-electron chi connectivity index (χ2n) is 7.77. The van der Waals surface area contributed by atoms with E-state index in [1.165, 1.54) is 0 Å². The van der Waals surface area contributed by atoms with Gasteiger partial charge in [0.25, 0.3) is 0 Å². The number of rotatable bonds is 5. The zero-order valence-electron chi connectivity index (χ0n) is 16.2. The molecule has 0 aromatic heterocycles. The summed E-state index contributed by atoms with van der Waals surface area (Å²) in [5, 5.41) is 0. The summed E-state index contributed by atoms with van der Waals surface area (Å²) in [5.41, 5.74) is 2.11. The van der Waals surface area contributed by atoms with Crippen LogP contribution in [0.3, 0.4) is 0 Å². The van der Waals surface area contributed by atoms with Crippen LogP contribution in [0.4, 0.5) is 0 Å². The Hall–Kier alpha value is -2.87. The van der Waals surface area contributed by atoms with E-state index in [4.69, 9.17) is 4.74 Å². The molecule has 0 N–H and O–H groups in total. The summed E-state index contributed by atoms with van der Waals surface area (Å²) in [5.74, 6) is -0.209. The maximum absolute atomic E-state index is 13.0. The minimum atomic E-state index is -0.605. The SMILES string of the molecule is CC(C)(C)OC(=O)CC(c1ccccc1)(c1ccccc1)c1ccccc1. The topological polar surface area (TPSA) is 26.3 Å². The van der Waals surface area contributed by atoms with E-state index in [2.05, 4.69) is 36.4 Å². The first-order valence-electron chi connectivity index (χ1n) is 9.30. The summed E-state index contributed by atoms with van der Waals surface area (Å²) >= 11 is 0. The van der Waals surface area contributed by atoms with E-state index in [9.17, 15) is 4.79 Å². The first kappa shape index (κ1) is 18.9. The molecule has 0 spiro atoms. The molecule has 0 amide bonds. The van der Waals surface area contributed by atoms with Gasteiger partial charge in [0, 0.05) is 0 Å². The lowest BCUT2D eigenvalue weighted by Crippen LogP contribution is -2.35. The van der Waals surface area contributed by atoms with Gasteiger partial charge in [-0.15, -0.1) is 0 Å². The minimum Gasteiger partial charge on any atom is -0.460 e. The standard InChI is InChI=1S/C25H26O2/c1-24(2,3)27-23(26)19-25(20-13-7-4-8-14-20,21-15-9-5-10-16-21)22-17-11-6-12-18-22/h4-18H,19H2,1-3H3. The number of esters is 1. The minimum absolute atomic E-state index is 0.209. The van der Waals surface area contributed by atoms with Crippen molar-refractivity contribution in [3.8, 4) is 0 Å². The van der Waals surface area contributed by atoms with Crippen LogP contribution in [0, 0.1) is 0 Å². The van der Waals surface area contributed by atoms with Gasteiger partial charge in [0.05, 0.1) is 11.8 Å². The summed E-state index contributed by atoms with van der Waals surface area (Å²) in [6, 6.07) is 30.6. The zero-order valence-corrected chi connectivity index (χ0v) is 16.2. The first-order valence-corrected chi connectivity index (χ1v) is 9.30. The van der Waals surface area contributed by atoms with Crippen LogP contribution in [0.25, 0.3) is 0 Å². The Morgan fingerprint density at radius 3 is 1.30 bits per heavy atom. The molecule has 0 atom stereocenters. The number of hydrogen-bond donors (Lipinski definition) is 0. The fourth-order valence-electron chi connectivity index (χ4n) is 3.57. The Morgan fingerprint density at radius 2 is 1.00 bits per heavy atom. The molecule has 0 aliphatic heterocycles. The molecule has 0 unspecified atom stereocenters. The summed E-state index contributed by atoms with van der Waals surface area (Å²) in [6.45, 7) is 5.71. The molecule has 0 saturated carbocycles. The number of ether oxygens (including phenoxy) is 1. The Morgan fingerprint density at radius 1 is 0.667 bits per heavy atom. The molecular weight excluding hydrogens is 332 g/mol. The van der Waals surface area contributed by atoms with Crippen LogP contribution in [0.1, 0.15) is 43.9 Å². The van der Waals surface area contributed by atoms with Crippen molar-refractivity contribution in [2.75, 3.05) is 0 Å². The van der Waals surface area contributed by atoms with Gasteiger partial charge in [-0.3, -0.25) is 4.79 Å². The summed E-state index contributed by atoms with van der Waals surface area (Å²) in [4.78, 5) is 13.0. The lowest BCUT2D eigenvalue weighted by atomic mass is 9.67. The molecule has 0 aliphatic carbocycles. The second-order valence-corrected chi connectivity index (χ2v) is 7.77. The summed E-state index contributed by atoms with van der Waals surface area (Å²) in [7, 11) is 0. The predicted octanol–water partition coefficient (Wildman–Crippen LogP) is 5.75. The molecule has 3 aromatic carbocycles. The predicted molar refractivity (Wildman–Crippen MR) is 110 cm³/mol. The molecule has 2 heteroatoms. The van der Waals surface area contributed by atoms with Crippen LogP contribution in [0.15, 0.2) is 91.0 Å². The van der Waals surface area contributed by atoms with Crippen LogP contribution in [0.5, 0.6) is 0 Å². The van der Waals surface area contributed by atoms with E-state index in [0.717, 1.165) is 16.7 Å². The lowest BCUT2D eigenvalue weighted by molar-refractivity contribution is -0.155. The van der Waals surface area contributed by atoms with Crippen LogP contribution in [0.2, 0.25) is 0 Å². The molecule has 138 valence electrons. The molecule has 0 fully saturated rings. The van der Waals surface area contributed by atoms with Crippen molar-refractivity contribution in [3.63, 3.8) is 0 Å². The fraction of sp³-hybridized carbons (Fsp3) is 0.240. The van der Waals surface area contributed by atoms with Gasteiger partial charge in [-0.05, 0) is 37.5 Å². The monoisotopic (exact) mass is 358 g/mol. The number of hydrogen-bond acceptors (Lipinski definition) is 2. The Labute approximate surface area is 161 Å². The van der Waals surface area contributed by atoms with Gasteiger partial charge in [-0.1, -0.05) is 91.0 Å². The van der Waals surface area contributed by atoms with Crippen LogP contribution in [-0.4, -0.2) is 11.6 Å². The van der Waals surface area contributed by atoms with Crippen LogP contribution >= 0.6 is 0 Å². The van der Waals surface area contributed by atoms with E-state index in [1.54, 1.807) is 0 Å². The van der Waals surface area contributed by atoms with Crippen molar-refractivity contribution in [1.29, 1.82) is 0 Å². The Kier molecular flexibility index (Phi) is 5.46. The molecule has 0 saturated heterocycles. The highest BCUT2D eigenvalue weighted by Gasteiger charge is 2.39. The quantitative estimate of drug-likeness (QED) is 0.428. The highest BCUT2D eigenvalue weighted by molar-refractivity contribution is 5.75. The van der Waals surface area contributed by atoms with Gasteiger partial charge in [0.1, 0.15) is 5.60 Å². The third-order valence-corrected chi connectivity index (χ3v) is 4.63. The molecule has 0 heterocycles. The molecule has 0 aliphatic rings. The molecule has 0 bridgehead atoms. The molecule has 3 rings (SSSR count). The number of carbonyl (C=O) groups is 1. The largest absolute Gasteiger partial charge is 0.460 e. The van der Waals surface area contributed by atoms with Gasteiger partial charge in [-0.2, -0.15) is 0 Å². The average molecular weight is 358 g/mol. The van der Waals surface area contributed by atoms with E-state index < -0.39 is 11.0 Å². The second kappa shape index (κ2) is 7.79. The lowest BCUT2D eigenvalue weighted by Gasteiger charge is -2.36. The highest BCUT2D eigenvalue weighted by Crippen LogP contribution is 2.42. The fourth-order valence-corrected chi connectivity index (χ4v) is 3.57. The van der Waals surface area contributed by atoms with E-state index in [0.29, 0.717) is 0 Å². The van der Waals surface area contributed by atoms with Crippen molar-refractivity contribution < 1.29 is 9.53 Å². The number of carbonyl (C=O) groups excluding carboxylic acids is 1. The van der Waals surface area contributed by atoms with E-state index >= 15 is 0 Å². The van der Waals surface area contributed by atoms with Crippen LogP contribution < -0.4 is 0 Å². The van der Waals surface area contributed by atoms with Crippen molar-refractivity contribution in [2.24, 2.45) is 0 Å². The maximum atomic E-state index is 13.0. The van der Waals surface area contributed by atoms with Crippen molar-refractivity contribution >= 4 is 5.97 Å². The Bertz CT molecular complexity index is 766. The van der Waals surface area contributed by atoms with Gasteiger partial charge >= 0.3 is 5.97 Å². The van der Waals surface area contributed by atoms with Gasteiger partial charge in [-0.25, -0.2) is 0 Å². The van der Waals surface area contributed by atoms with Crippen molar-refractivity contribution in [1.82, 2.24) is 0 Å². The van der Waals surface area contributed by atoms with Gasteiger partial charge in [0.15, 0.2) is 0 Å². The normalized spacial score (nSPS) is 11.8. The summed E-state index contributed by atoms with van der Waals surface area (Å²) in [6.07, 6.45) is 0.238. The van der Waals surface area contributed by atoms with Crippen LogP contribution in [-0.2, 0) is 14.9 Å². The third kappa shape index (κ3) is 4.28. The van der Waals surface area contributed by atoms with Gasteiger partial charge < -0.3 is 4.74 Å². The Balaban J connectivity index is 2.21. The maximum Gasteiger partial charge on any atom is 0.307 e. The third-order valence-electron chi connectivity index (χ3n) is 4.63. The molecule has 3 aromatic rings. The highest BCUT2D eigenvalue weighted by atomic mass is 16.6. The number of benzene rings is 3. The van der Waals surface area contributed by atoms with E-state index in [-0.39, 0.29) is 12.4 Å². The average Bonchev–Trinajstić information content (AvgIpc) is 2.67. The molecule has 2 nitrogen and oxygen atoms in total. The van der Waals surface area contributed by atoms with Crippen molar-refractivity contribution in [3.05, 3.63) is 108 Å². The smallest absolute Gasteiger partial charge is 0.307 e. The van der Waals surface area contributed by atoms with Gasteiger partial charge in [0.2, 0.25) is 0 Å².